The summed E-state index contributed by atoms with van der Waals surface area (Å²) in [7, 11) is 0. The van der Waals surface area contributed by atoms with Gasteiger partial charge in [-0.25, -0.2) is 0 Å². The lowest BCUT2D eigenvalue weighted by molar-refractivity contribution is 0.0815. The minimum Gasteiger partial charge on any atom is -0.480 e. The minimum atomic E-state index is -0.472. The summed E-state index contributed by atoms with van der Waals surface area (Å²) in [5.41, 5.74) is 0.522. The summed E-state index contributed by atoms with van der Waals surface area (Å²) in [6.07, 6.45) is -0.472. The van der Waals surface area contributed by atoms with Crippen molar-refractivity contribution in [1.82, 2.24) is 0 Å². The van der Waals surface area contributed by atoms with E-state index in [1.165, 1.54) is 0 Å². The lowest BCUT2D eigenvalue weighted by Gasteiger charge is -2.24. The minimum absolute atomic E-state index is 0.0624. The first-order valence-electron chi connectivity index (χ1n) is 5.93. The molecule has 1 heterocycles. The molecule has 96 valence electrons. The molecule has 0 fully saturated rings. The average molecular weight is 291 g/mol. The van der Waals surface area contributed by atoms with Gasteiger partial charge in [0.1, 0.15) is 5.75 Å². The highest BCUT2D eigenvalue weighted by Crippen LogP contribution is 2.36. The maximum Gasteiger partial charge on any atom is 0.205 e. The van der Waals surface area contributed by atoms with Crippen molar-refractivity contribution in [3.8, 4) is 5.75 Å². The molecule has 1 aliphatic heterocycles. The van der Waals surface area contributed by atoms with E-state index in [0.717, 1.165) is 10.6 Å². The number of carbonyl (C=O) groups is 1. The van der Waals surface area contributed by atoms with Gasteiger partial charge in [0.25, 0.3) is 0 Å². The topological polar surface area (TPSA) is 26.3 Å². The van der Waals surface area contributed by atoms with Crippen LogP contribution in [0.25, 0.3) is 0 Å². The maximum absolute atomic E-state index is 12.4. The van der Waals surface area contributed by atoms with E-state index in [1.807, 2.05) is 36.4 Å². The Hall–Kier alpha value is -1.45. The number of halogens is 1. The highest BCUT2D eigenvalue weighted by Gasteiger charge is 2.28. The van der Waals surface area contributed by atoms with Crippen LogP contribution in [0.15, 0.2) is 53.4 Å². The molecule has 2 aromatic rings. The third-order valence-electron chi connectivity index (χ3n) is 2.94. The molecule has 1 atom stereocenters. The maximum atomic E-state index is 12.4. The van der Waals surface area contributed by atoms with Crippen molar-refractivity contribution in [2.45, 2.75) is 11.0 Å². The monoisotopic (exact) mass is 290 g/mol. The number of ether oxygens (including phenoxy) is 1. The number of thioether (sulfide) groups is 1. The molecule has 0 N–H and O–H groups in total. The Morgan fingerprint density at radius 2 is 1.89 bits per heavy atom. The molecular weight excluding hydrogens is 280 g/mol. The SMILES string of the molecule is O=C(c1ccccc1Cl)C1CSc2ccccc2O1. The first-order valence-corrected chi connectivity index (χ1v) is 7.29. The second-order valence-corrected chi connectivity index (χ2v) is 5.68. The van der Waals surface area contributed by atoms with Gasteiger partial charge in [-0.3, -0.25) is 4.79 Å². The van der Waals surface area contributed by atoms with Crippen LogP contribution >= 0.6 is 23.4 Å². The zero-order valence-corrected chi connectivity index (χ0v) is 11.6. The molecule has 3 rings (SSSR count). The molecule has 0 radical (unpaired) electrons. The van der Waals surface area contributed by atoms with Gasteiger partial charge in [0.15, 0.2) is 6.10 Å². The highest BCUT2D eigenvalue weighted by molar-refractivity contribution is 7.99. The van der Waals surface area contributed by atoms with Crippen LogP contribution in [0.1, 0.15) is 10.4 Å². The van der Waals surface area contributed by atoms with Crippen molar-refractivity contribution in [3.63, 3.8) is 0 Å². The Morgan fingerprint density at radius 1 is 1.16 bits per heavy atom. The Bertz CT molecular complexity index is 627. The van der Waals surface area contributed by atoms with Crippen molar-refractivity contribution < 1.29 is 9.53 Å². The predicted octanol–water partition coefficient (Wildman–Crippen LogP) is 4.08. The van der Waals surface area contributed by atoms with E-state index in [2.05, 4.69) is 0 Å². The molecule has 0 aliphatic carbocycles. The number of benzene rings is 2. The van der Waals surface area contributed by atoms with Crippen LogP contribution in [0.2, 0.25) is 5.02 Å². The van der Waals surface area contributed by atoms with Crippen molar-refractivity contribution in [2.75, 3.05) is 5.75 Å². The molecule has 1 aliphatic rings. The Morgan fingerprint density at radius 3 is 2.74 bits per heavy atom. The molecule has 0 saturated heterocycles. The average Bonchev–Trinajstić information content (AvgIpc) is 2.46. The van der Waals surface area contributed by atoms with Crippen molar-refractivity contribution in [3.05, 3.63) is 59.1 Å². The highest BCUT2D eigenvalue weighted by atomic mass is 35.5. The van der Waals surface area contributed by atoms with Gasteiger partial charge in [-0.2, -0.15) is 0 Å². The number of hydrogen-bond acceptors (Lipinski definition) is 3. The van der Waals surface area contributed by atoms with Gasteiger partial charge in [0.2, 0.25) is 5.78 Å². The fourth-order valence-electron chi connectivity index (χ4n) is 1.98. The smallest absolute Gasteiger partial charge is 0.205 e. The van der Waals surface area contributed by atoms with E-state index in [4.69, 9.17) is 16.3 Å². The number of rotatable bonds is 2. The number of ketones is 1. The van der Waals surface area contributed by atoms with E-state index in [-0.39, 0.29) is 5.78 Å². The molecule has 0 amide bonds. The van der Waals surface area contributed by atoms with E-state index in [0.29, 0.717) is 16.3 Å². The molecule has 2 aromatic carbocycles. The van der Waals surface area contributed by atoms with Crippen LogP contribution in [0.5, 0.6) is 5.75 Å². The zero-order chi connectivity index (χ0) is 13.2. The first kappa shape index (κ1) is 12.6. The fourth-order valence-corrected chi connectivity index (χ4v) is 3.20. The van der Waals surface area contributed by atoms with E-state index in [9.17, 15) is 4.79 Å². The van der Waals surface area contributed by atoms with Crippen LogP contribution in [-0.2, 0) is 0 Å². The largest absolute Gasteiger partial charge is 0.480 e. The van der Waals surface area contributed by atoms with Gasteiger partial charge in [-0.15, -0.1) is 11.8 Å². The Kier molecular flexibility index (Phi) is 3.49. The number of carbonyl (C=O) groups excluding carboxylic acids is 1. The molecule has 1 unspecified atom stereocenters. The van der Waals surface area contributed by atoms with Crippen LogP contribution in [0, 0.1) is 0 Å². The normalized spacial score (nSPS) is 17.4. The van der Waals surface area contributed by atoms with Crippen LogP contribution in [0.3, 0.4) is 0 Å². The summed E-state index contributed by atoms with van der Waals surface area (Å²) in [5, 5.41) is 0.472. The molecule has 0 saturated carbocycles. The third-order valence-corrected chi connectivity index (χ3v) is 4.39. The van der Waals surface area contributed by atoms with E-state index < -0.39 is 6.10 Å². The van der Waals surface area contributed by atoms with Crippen LogP contribution in [0.4, 0.5) is 0 Å². The summed E-state index contributed by atoms with van der Waals surface area (Å²) >= 11 is 7.69. The second-order valence-electron chi connectivity index (χ2n) is 4.21. The standard InChI is InChI=1S/C15H11ClO2S/c16-11-6-2-1-5-10(11)15(17)13-9-19-14-8-4-3-7-12(14)18-13/h1-8,13H,9H2. The summed E-state index contributed by atoms with van der Waals surface area (Å²) in [6, 6.07) is 14.8. The van der Waals surface area contributed by atoms with Gasteiger partial charge in [-0.05, 0) is 24.3 Å². The molecule has 0 aromatic heterocycles. The second kappa shape index (κ2) is 5.27. The number of Topliss-reactive ketones (excluding diaryl/α,β-unsaturated/α-hetero) is 1. The van der Waals surface area contributed by atoms with E-state index >= 15 is 0 Å². The Labute approximate surface area is 120 Å². The zero-order valence-electron chi connectivity index (χ0n) is 10.0. The lowest BCUT2D eigenvalue weighted by atomic mass is 10.1. The van der Waals surface area contributed by atoms with E-state index in [1.54, 1.807) is 23.9 Å². The lowest BCUT2D eigenvalue weighted by Crippen LogP contribution is -2.32. The van der Waals surface area contributed by atoms with Crippen LogP contribution in [-0.4, -0.2) is 17.6 Å². The quantitative estimate of drug-likeness (QED) is 0.780. The molecule has 0 bridgehead atoms. The van der Waals surface area contributed by atoms with Crippen molar-refractivity contribution >= 4 is 29.1 Å². The predicted molar refractivity (Wildman–Crippen MR) is 77.4 cm³/mol. The summed E-state index contributed by atoms with van der Waals surface area (Å²) in [6.45, 7) is 0. The summed E-state index contributed by atoms with van der Waals surface area (Å²) in [5.74, 6) is 1.32. The van der Waals surface area contributed by atoms with Gasteiger partial charge in [0.05, 0.1) is 5.02 Å². The third kappa shape index (κ3) is 2.48. The number of para-hydroxylation sites is 1. The first-order chi connectivity index (χ1) is 9.25. The number of hydrogen-bond donors (Lipinski definition) is 0. The fraction of sp³-hybridized carbons (Fsp3) is 0.133. The molecule has 0 spiro atoms. The Balaban J connectivity index is 1.86. The molecule has 4 heteroatoms. The summed E-state index contributed by atoms with van der Waals surface area (Å²) in [4.78, 5) is 13.5. The van der Waals surface area contributed by atoms with Crippen molar-refractivity contribution in [2.24, 2.45) is 0 Å². The van der Waals surface area contributed by atoms with Gasteiger partial charge >= 0.3 is 0 Å². The van der Waals surface area contributed by atoms with Gasteiger partial charge in [-0.1, -0.05) is 35.9 Å². The molecule has 19 heavy (non-hydrogen) atoms. The molecule has 2 nitrogen and oxygen atoms in total. The van der Waals surface area contributed by atoms with Crippen LogP contribution < -0.4 is 4.74 Å². The van der Waals surface area contributed by atoms with Gasteiger partial charge in [0, 0.05) is 16.2 Å². The molecular formula is C15H11ClO2S. The van der Waals surface area contributed by atoms with Crippen molar-refractivity contribution in [1.29, 1.82) is 0 Å². The summed E-state index contributed by atoms with van der Waals surface area (Å²) < 4.78 is 5.77. The number of fused-ring (bicyclic) bond motifs is 1. The van der Waals surface area contributed by atoms with Gasteiger partial charge < -0.3 is 4.74 Å².